The normalized spacial score (nSPS) is 16.3. The number of nitrogens with zero attached hydrogens (tertiary/aromatic N) is 1. The van der Waals surface area contributed by atoms with E-state index in [1.807, 2.05) is 0 Å². The average Bonchev–Trinajstić information content (AvgIpc) is 2.40. The molecule has 1 saturated carbocycles. The molecule has 7 heteroatoms. The molecule has 0 bridgehead atoms. The number of nitrogens with one attached hydrogen (secondary N) is 1. The van der Waals surface area contributed by atoms with Gasteiger partial charge < -0.3 is 11.1 Å². The predicted molar refractivity (Wildman–Crippen MR) is 80.7 cm³/mol. The van der Waals surface area contributed by atoms with Gasteiger partial charge in [-0.2, -0.15) is 0 Å². The van der Waals surface area contributed by atoms with Gasteiger partial charge >= 0.3 is 0 Å². The Bertz CT molecular complexity index is 504. The summed E-state index contributed by atoms with van der Waals surface area (Å²) in [5, 5.41) is 14.6. The van der Waals surface area contributed by atoms with Crippen LogP contribution < -0.4 is 11.1 Å². The molecule has 3 N–H and O–H groups in total. The molecule has 104 valence electrons. The summed E-state index contributed by atoms with van der Waals surface area (Å²) in [6, 6.07) is 1.55. The molecule has 0 aliphatic heterocycles. The Morgan fingerprint density at radius 2 is 2.05 bits per heavy atom. The molecule has 0 unspecified atom stereocenters. The Kier molecular flexibility index (Phi) is 4.52. The van der Waals surface area contributed by atoms with Gasteiger partial charge in [0, 0.05) is 12.1 Å². The van der Waals surface area contributed by atoms with Crippen molar-refractivity contribution >= 4 is 44.6 Å². The summed E-state index contributed by atoms with van der Waals surface area (Å²) >= 11 is 9.19. The van der Waals surface area contributed by atoms with E-state index in [9.17, 15) is 10.1 Å². The zero-order valence-electron chi connectivity index (χ0n) is 10.3. The van der Waals surface area contributed by atoms with Gasteiger partial charge in [0.15, 0.2) is 0 Å². The molecule has 0 atom stereocenters. The van der Waals surface area contributed by atoms with Gasteiger partial charge in [-0.25, -0.2) is 0 Å². The first-order valence-electron chi connectivity index (χ1n) is 6.19. The minimum atomic E-state index is -0.443. The standard InChI is InChI=1S/C12H15BrClN3O2/c13-10-11(15)8(14)6-9(17(18)19)12(10)16-7-4-2-1-3-5-7/h6-7,16H,1-5,15H2. The van der Waals surface area contributed by atoms with Crippen molar-refractivity contribution in [1.82, 2.24) is 0 Å². The fourth-order valence-electron chi connectivity index (χ4n) is 2.35. The molecule has 0 amide bonds. The second-order valence-corrected chi connectivity index (χ2v) is 5.92. The minimum absolute atomic E-state index is 0.0448. The second kappa shape index (κ2) is 5.96. The monoisotopic (exact) mass is 347 g/mol. The number of hydrogen-bond acceptors (Lipinski definition) is 4. The summed E-state index contributed by atoms with van der Waals surface area (Å²) in [7, 11) is 0. The number of nitro benzene ring substituents is 1. The van der Waals surface area contributed by atoms with Crippen LogP contribution in [0, 0.1) is 10.1 Å². The highest BCUT2D eigenvalue weighted by atomic mass is 79.9. The lowest BCUT2D eigenvalue weighted by atomic mass is 9.95. The summed E-state index contributed by atoms with van der Waals surface area (Å²) in [5.41, 5.74) is 6.52. The quantitative estimate of drug-likeness (QED) is 0.484. The highest BCUT2D eigenvalue weighted by Gasteiger charge is 2.24. The molecule has 0 aromatic heterocycles. The highest BCUT2D eigenvalue weighted by molar-refractivity contribution is 9.10. The van der Waals surface area contributed by atoms with E-state index in [1.54, 1.807) is 0 Å². The molecular formula is C12H15BrClN3O2. The summed E-state index contributed by atoms with van der Waals surface area (Å²) in [6.07, 6.45) is 5.56. The van der Waals surface area contributed by atoms with Crippen molar-refractivity contribution in [3.8, 4) is 0 Å². The number of nitrogen functional groups attached to an aromatic ring is 1. The third-order valence-corrected chi connectivity index (χ3v) is 4.52. The number of hydrogen-bond donors (Lipinski definition) is 2. The van der Waals surface area contributed by atoms with E-state index in [0.29, 0.717) is 15.8 Å². The third-order valence-electron chi connectivity index (χ3n) is 3.38. The first-order valence-corrected chi connectivity index (χ1v) is 7.36. The maximum absolute atomic E-state index is 11.1. The molecule has 0 heterocycles. The van der Waals surface area contributed by atoms with Crippen LogP contribution in [0.15, 0.2) is 10.5 Å². The molecule has 1 aliphatic carbocycles. The van der Waals surface area contributed by atoms with Crippen LogP contribution >= 0.6 is 27.5 Å². The molecular weight excluding hydrogens is 334 g/mol. The van der Waals surface area contributed by atoms with Crippen LogP contribution in [0.2, 0.25) is 5.02 Å². The Hall–Kier alpha value is -1.01. The number of rotatable bonds is 3. The molecule has 1 aromatic carbocycles. The second-order valence-electron chi connectivity index (χ2n) is 4.72. The summed E-state index contributed by atoms with van der Waals surface area (Å²) in [4.78, 5) is 10.7. The number of nitro groups is 1. The van der Waals surface area contributed by atoms with E-state index >= 15 is 0 Å². The molecule has 0 radical (unpaired) electrons. The molecule has 1 aromatic rings. The lowest BCUT2D eigenvalue weighted by Crippen LogP contribution is -2.23. The Morgan fingerprint density at radius 3 is 2.63 bits per heavy atom. The Labute approximate surface area is 124 Å². The third kappa shape index (κ3) is 3.12. The van der Waals surface area contributed by atoms with Gasteiger partial charge in [-0.05, 0) is 28.8 Å². The van der Waals surface area contributed by atoms with Crippen molar-refractivity contribution < 1.29 is 4.92 Å². The smallest absolute Gasteiger partial charge is 0.295 e. The maximum atomic E-state index is 11.1. The highest BCUT2D eigenvalue weighted by Crippen LogP contribution is 2.42. The lowest BCUT2D eigenvalue weighted by molar-refractivity contribution is -0.384. The summed E-state index contributed by atoms with van der Waals surface area (Å²) in [5.74, 6) is 0. The fourth-order valence-corrected chi connectivity index (χ4v) is 3.20. The molecule has 5 nitrogen and oxygen atoms in total. The molecule has 1 fully saturated rings. The Balaban J connectivity index is 2.36. The summed E-state index contributed by atoms with van der Waals surface area (Å²) < 4.78 is 0.470. The van der Waals surface area contributed by atoms with Gasteiger partial charge in [-0.15, -0.1) is 0 Å². The van der Waals surface area contributed by atoms with Gasteiger partial charge in [0.2, 0.25) is 0 Å². The zero-order chi connectivity index (χ0) is 14.0. The van der Waals surface area contributed by atoms with Crippen molar-refractivity contribution in [3.63, 3.8) is 0 Å². The Morgan fingerprint density at radius 1 is 1.42 bits per heavy atom. The molecule has 2 rings (SSSR count). The maximum Gasteiger partial charge on any atom is 0.295 e. The molecule has 0 spiro atoms. The number of nitrogens with two attached hydrogens (primary N) is 1. The van der Waals surface area contributed by atoms with E-state index < -0.39 is 4.92 Å². The fraction of sp³-hybridized carbons (Fsp3) is 0.500. The zero-order valence-corrected chi connectivity index (χ0v) is 12.6. The topological polar surface area (TPSA) is 81.2 Å². The van der Waals surface area contributed by atoms with E-state index in [4.69, 9.17) is 17.3 Å². The SMILES string of the molecule is Nc1c(Cl)cc([N+](=O)[O-])c(NC2CCCCC2)c1Br. The van der Waals surface area contributed by atoms with Crippen molar-refractivity contribution in [2.75, 3.05) is 11.1 Å². The number of benzene rings is 1. The molecule has 19 heavy (non-hydrogen) atoms. The number of anilines is 2. The van der Waals surface area contributed by atoms with Crippen molar-refractivity contribution in [3.05, 3.63) is 25.7 Å². The largest absolute Gasteiger partial charge is 0.397 e. The first kappa shape index (κ1) is 14.4. The molecule has 1 aliphatic rings. The first-order chi connectivity index (χ1) is 9.00. The van der Waals surface area contributed by atoms with Crippen LogP contribution in [-0.2, 0) is 0 Å². The minimum Gasteiger partial charge on any atom is -0.397 e. The van der Waals surface area contributed by atoms with Crippen molar-refractivity contribution in [2.24, 2.45) is 0 Å². The van der Waals surface area contributed by atoms with Crippen LogP contribution in [0.3, 0.4) is 0 Å². The van der Waals surface area contributed by atoms with Crippen LogP contribution in [0.25, 0.3) is 0 Å². The lowest BCUT2D eigenvalue weighted by Gasteiger charge is -2.24. The predicted octanol–water partition coefficient (Wildman–Crippen LogP) is 4.34. The van der Waals surface area contributed by atoms with Gasteiger partial charge in [-0.3, -0.25) is 10.1 Å². The van der Waals surface area contributed by atoms with Crippen molar-refractivity contribution in [1.29, 1.82) is 0 Å². The van der Waals surface area contributed by atoms with E-state index in [2.05, 4.69) is 21.2 Å². The van der Waals surface area contributed by atoms with Crippen LogP contribution in [0.5, 0.6) is 0 Å². The summed E-state index contributed by atoms with van der Waals surface area (Å²) in [6.45, 7) is 0. The van der Waals surface area contributed by atoms with E-state index in [-0.39, 0.29) is 16.8 Å². The van der Waals surface area contributed by atoms with Crippen LogP contribution in [0.1, 0.15) is 32.1 Å². The van der Waals surface area contributed by atoms with Crippen LogP contribution in [-0.4, -0.2) is 11.0 Å². The number of halogens is 2. The van der Waals surface area contributed by atoms with E-state index in [1.165, 1.54) is 12.5 Å². The van der Waals surface area contributed by atoms with Crippen molar-refractivity contribution in [2.45, 2.75) is 38.1 Å². The average molecular weight is 349 g/mol. The van der Waals surface area contributed by atoms with Gasteiger partial charge in [0.05, 0.1) is 20.1 Å². The van der Waals surface area contributed by atoms with Gasteiger partial charge in [0.1, 0.15) is 5.69 Å². The van der Waals surface area contributed by atoms with Gasteiger partial charge in [0.25, 0.3) is 5.69 Å². The molecule has 0 saturated heterocycles. The van der Waals surface area contributed by atoms with Gasteiger partial charge in [-0.1, -0.05) is 30.9 Å². The van der Waals surface area contributed by atoms with Crippen LogP contribution in [0.4, 0.5) is 17.1 Å². The van der Waals surface area contributed by atoms with E-state index in [0.717, 1.165) is 25.7 Å².